The van der Waals surface area contributed by atoms with E-state index >= 15 is 0 Å². The van der Waals surface area contributed by atoms with Crippen molar-refractivity contribution in [2.75, 3.05) is 7.05 Å². The first-order chi connectivity index (χ1) is 11.2. The van der Waals surface area contributed by atoms with Crippen LogP contribution in [0.25, 0.3) is 0 Å². The molecule has 0 fully saturated rings. The molecule has 1 aromatic carbocycles. The molecule has 2 aromatic rings. The molecule has 0 saturated heterocycles. The first-order valence-electron chi connectivity index (χ1n) is 7.19. The summed E-state index contributed by atoms with van der Waals surface area (Å²) in [4.78, 5) is 16.1. The number of aromatic nitrogens is 2. The lowest BCUT2D eigenvalue weighted by Crippen LogP contribution is -2.26. The van der Waals surface area contributed by atoms with Crippen LogP contribution in [0.4, 0.5) is 18.9 Å². The zero-order valence-corrected chi connectivity index (χ0v) is 13.2. The minimum absolute atomic E-state index is 0.0219. The van der Waals surface area contributed by atoms with Gasteiger partial charge >= 0.3 is 6.18 Å². The van der Waals surface area contributed by atoms with Gasteiger partial charge in [0, 0.05) is 30.6 Å². The summed E-state index contributed by atoms with van der Waals surface area (Å²) in [5, 5.41) is 10.9. The number of rotatable bonds is 6. The van der Waals surface area contributed by atoms with Gasteiger partial charge in [0.05, 0.1) is 11.5 Å². The number of imidazole rings is 1. The van der Waals surface area contributed by atoms with Crippen LogP contribution in [0, 0.1) is 10.1 Å². The van der Waals surface area contributed by atoms with Crippen LogP contribution in [0.2, 0.25) is 0 Å². The molecular formula is C15H17F3N4O2. The van der Waals surface area contributed by atoms with Gasteiger partial charge in [0.15, 0.2) is 0 Å². The van der Waals surface area contributed by atoms with Gasteiger partial charge in [-0.3, -0.25) is 15.0 Å². The normalized spacial score (nSPS) is 13.2. The van der Waals surface area contributed by atoms with Crippen molar-refractivity contribution >= 4 is 5.69 Å². The van der Waals surface area contributed by atoms with E-state index in [1.807, 2.05) is 6.92 Å². The number of nitro groups is 1. The second-order valence-corrected chi connectivity index (χ2v) is 5.53. The third-order valence-corrected chi connectivity index (χ3v) is 3.77. The number of non-ortho nitro benzene ring substituents is 1. The van der Waals surface area contributed by atoms with Crippen LogP contribution in [0.3, 0.4) is 0 Å². The zero-order chi connectivity index (χ0) is 17.9. The molecule has 0 aliphatic heterocycles. The molecule has 1 aromatic heterocycles. The molecule has 0 spiro atoms. The molecule has 0 amide bonds. The standard InChI is InChI=1S/C15H17F3N4O2/c1-11(12-4-3-5-13(8-12)22(23)24)20(2)9-14-19-6-7-21(14)10-15(16,17)18/h3-8,11H,9-10H2,1-2H3/t11-/m1/s1. The molecule has 0 unspecified atom stereocenters. The SMILES string of the molecule is C[C@H](c1cccc([N+](=O)[O-])c1)N(C)Cc1nccn1CC(F)(F)F. The summed E-state index contributed by atoms with van der Waals surface area (Å²) < 4.78 is 38.7. The molecule has 0 aliphatic rings. The van der Waals surface area contributed by atoms with E-state index in [0.717, 1.165) is 4.57 Å². The van der Waals surface area contributed by atoms with Crippen molar-refractivity contribution in [3.8, 4) is 0 Å². The number of halogens is 3. The van der Waals surface area contributed by atoms with E-state index in [1.165, 1.54) is 24.5 Å². The number of hydrogen-bond acceptors (Lipinski definition) is 4. The van der Waals surface area contributed by atoms with E-state index in [2.05, 4.69) is 4.98 Å². The molecule has 0 radical (unpaired) electrons. The van der Waals surface area contributed by atoms with Gasteiger partial charge in [-0.1, -0.05) is 12.1 Å². The molecular weight excluding hydrogens is 325 g/mol. The minimum atomic E-state index is -4.32. The monoisotopic (exact) mass is 342 g/mol. The van der Waals surface area contributed by atoms with Crippen LogP contribution >= 0.6 is 0 Å². The molecule has 2 rings (SSSR count). The summed E-state index contributed by atoms with van der Waals surface area (Å²) >= 11 is 0. The Morgan fingerprint density at radius 3 is 2.75 bits per heavy atom. The second kappa shape index (κ2) is 7.00. The largest absolute Gasteiger partial charge is 0.406 e. The number of benzene rings is 1. The quantitative estimate of drug-likeness (QED) is 0.595. The molecule has 130 valence electrons. The number of nitrogens with zero attached hydrogens (tertiary/aromatic N) is 4. The topological polar surface area (TPSA) is 64.2 Å². The van der Waals surface area contributed by atoms with Gasteiger partial charge in [-0.15, -0.1) is 0 Å². The van der Waals surface area contributed by atoms with Crippen LogP contribution in [0.1, 0.15) is 24.4 Å². The fraction of sp³-hybridized carbons (Fsp3) is 0.400. The van der Waals surface area contributed by atoms with Crippen molar-refractivity contribution in [1.29, 1.82) is 0 Å². The highest BCUT2D eigenvalue weighted by molar-refractivity contribution is 5.35. The van der Waals surface area contributed by atoms with Gasteiger partial charge in [0.2, 0.25) is 0 Å². The van der Waals surface area contributed by atoms with E-state index < -0.39 is 17.6 Å². The summed E-state index contributed by atoms with van der Waals surface area (Å²) in [6.45, 7) is 0.921. The molecule has 9 heteroatoms. The first-order valence-corrected chi connectivity index (χ1v) is 7.19. The van der Waals surface area contributed by atoms with E-state index in [4.69, 9.17) is 0 Å². The van der Waals surface area contributed by atoms with Gasteiger partial charge in [0.25, 0.3) is 5.69 Å². The number of nitro benzene ring substituents is 1. The maximum absolute atomic E-state index is 12.6. The Labute approximate surface area is 136 Å². The predicted octanol–water partition coefficient (Wildman–Crippen LogP) is 3.55. The Morgan fingerprint density at radius 2 is 2.12 bits per heavy atom. The fourth-order valence-electron chi connectivity index (χ4n) is 2.34. The molecule has 0 N–H and O–H groups in total. The maximum atomic E-state index is 12.6. The Balaban J connectivity index is 2.12. The predicted molar refractivity (Wildman–Crippen MR) is 81.3 cm³/mol. The molecule has 0 saturated carbocycles. The Morgan fingerprint density at radius 1 is 1.42 bits per heavy atom. The van der Waals surface area contributed by atoms with Crippen molar-refractivity contribution in [2.45, 2.75) is 32.2 Å². The highest BCUT2D eigenvalue weighted by Gasteiger charge is 2.29. The Hall–Kier alpha value is -2.42. The van der Waals surface area contributed by atoms with Crippen molar-refractivity contribution < 1.29 is 18.1 Å². The van der Waals surface area contributed by atoms with Crippen LogP contribution in [-0.4, -0.2) is 32.6 Å². The van der Waals surface area contributed by atoms with Gasteiger partial charge in [-0.25, -0.2) is 4.98 Å². The van der Waals surface area contributed by atoms with Crippen molar-refractivity contribution in [3.63, 3.8) is 0 Å². The van der Waals surface area contributed by atoms with Crippen LogP contribution in [0.15, 0.2) is 36.7 Å². The summed E-state index contributed by atoms with van der Waals surface area (Å²) in [5.41, 5.74) is 0.687. The third kappa shape index (κ3) is 4.54. The highest BCUT2D eigenvalue weighted by Crippen LogP contribution is 2.25. The number of hydrogen-bond donors (Lipinski definition) is 0. The Kier molecular flexibility index (Phi) is 5.23. The third-order valence-electron chi connectivity index (χ3n) is 3.77. The molecule has 6 nitrogen and oxygen atoms in total. The summed E-state index contributed by atoms with van der Waals surface area (Å²) in [7, 11) is 1.73. The minimum Gasteiger partial charge on any atom is -0.325 e. The van der Waals surface area contributed by atoms with E-state index in [0.29, 0.717) is 5.56 Å². The van der Waals surface area contributed by atoms with Gasteiger partial charge in [-0.2, -0.15) is 13.2 Å². The van der Waals surface area contributed by atoms with Crippen LogP contribution < -0.4 is 0 Å². The fourth-order valence-corrected chi connectivity index (χ4v) is 2.34. The zero-order valence-electron chi connectivity index (χ0n) is 13.2. The van der Waals surface area contributed by atoms with Crippen molar-refractivity contribution in [1.82, 2.24) is 14.5 Å². The average molecular weight is 342 g/mol. The van der Waals surface area contributed by atoms with Gasteiger partial charge in [0.1, 0.15) is 12.4 Å². The molecule has 1 atom stereocenters. The molecule has 24 heavy (non-hydrogen) atoms. The van der Waals surface area contributed by atoms with E-state index in [1.54, 1.807) is 24.1 Å². The smallest absolute Gasteiger partial charge is 0.325 e. The lowest BCUT2D eigenvalue weighted by atomic mass is 10.1. The van der Waals surface area contributed by atoms with E-state index in [-0.39, 0.29) is 24.1 Å². The lowest BCUT2D eigenvalue weighted by molar-refractivity contribution is -0.384. The highest BCUT2D eigenvalue weighted by atomic mass is 19.4. The first kappa shape index (κ1) is 17.9. The van der Waals surface area contributed by atoms with Crippen LogP contribution in [-0.2, 0) is 13.1 Å². The van der Waals surface area contributed by atoms with Crippen molar-refractivity contribution in [2.24, 2.45) is 0 Å². The summed E-state index contributed by atoms with van der Waals surface area (Å²) in [6, 6.07) is 5.97. The van der Waals surface area contributed by atoms with Gasteiger partial charge in [-0.05, 0) is 19.5 Å². The lowest BCUT2D eigenvalue weighted by Gasteiger charge is -2.25. The average Bonchev–Trinajstić information content (AvgIpc) is 2.91. The summed E-state index contributed by atoms with van der Waals surface area (Å²) in [6.07, 6.45) is -1.71. The second-order valence-electron chi connectivity index (χ2n) is 5.53. The van der Waals surface area contributed by atoms with E-state index in [9.17, 15) is 23.3 Å². The molecule has 0 bridgehead atoms. The molecule has 0 aliphatic carbocycles. The Bertz CT molecular complexity index is 715. The number of alkyl halides is 3. The van der Waals surface area contributed by atoms with Crippen molar-refractivity contribution in [3.05, 3.63) is 58.2 Å². The summed E-state index contributed by atoms with van der Waals surface area (Å²) in [5.74, 6) is 0.284. The van der Waals surface area contributed by atoms with Gasteiger partial charge < -0.3 is 4.57 Å². The van der Waals surface area contributed by atoms with Crippen LogP contribution in [0.5, 0.6) is 0 Å². The molecule has 1 heterocycles. The maximum Gasteiger partial charge on any atom is 0.406 e.